The molecule has 0 saturated heterocycles. The van der Waals surface area contributed by atoms with Crippen LogP contribution in [0.1, 0.15) is 38.2 Å². The number of carboxylic acid groups (broad SMARTS) is 1. The molecule has 0 saturated carbocycles. The van der Waals surface area contributed by atoms with Crippen LogP contribution in [0.5, 0.6) is 5.75 Å². The van der Waals surface area contributed by atoms with Crippen molar-refractivity contribution in [2.45, 2.75) is 32.6 Å². The van der Waals surface area contributed by atoms with E-state index in [2.05, 4.69) is 19.3 Å². The van der Waals surface area contributed by atoms with E-state index in [9.17, 15) is 4.79 Å². The van der Waals surface area contributed by atoms with Gasteiger partial charge in [-0.15, -0.1) is 0 Å². The second-order valence-corrected chi connectivity index (χ2v) is 4.56. The highest BCUT2D eigenvalue weighted by Gasteiger charge is 2.13. The molecule has 1 rings (SSSR count). The third-order valence-corrected chi connectivity index (χ3v) is 2.97. The summed E-state index contributed by atoms with van der Waals surface area (Å²) in [7, 11) is 0. The van der Waals surface area contributed by atoms with Crippen LogP contribution in [-0.2, 0) is 4.79 Å². The molecule has 0 heterocycles. The Bertz CT molecular complexity index is 500. The first-order valence-electron chi connectivity index (χ1n) is 6.47. The summed E-state index contributed by atoms with van der Waals surface area (Å²) in [5.74, 6) is 4.64. The summed E-state index contributed by atoms with van der Waals surface area (Å²) in [6.07, 6.45) is 2.16. The first-order chi connectivity index (χ1) is 9.49. The molecule has 1 aromatic carbocycles. The van der Waals surface area contributed by atoms with Crippen LogP contribution >= 0.6 is 0 Å². The molecule has 0 spiro atoms. The van der Waals surface area contributed by atoms with Crippen molar-refractivity contribution in [2.24, 2.45) is 11.6 Å². The molecule has 0 aliphatic heterocycles. The van der Waals surface area contributed by atoms with Crippen LogP contribution in [0.25, 0.3) is 0 Å². The normalized spacial score (nSPS) is 13.3. The number of ether oxygens (including phenoxy) is 1. The number of hydrogen-bond acceptors (Lipinski definition) is 5. The fraction of sp³-hybridized carbons (Fsp3) is 0.357. The predicted molar refractivity (Wildman–Crippen MR) is 76.6 cm³/mol. The molecule has 0 aromatic heterocycles. The van der Waals surface area contributed by atoms with E-state index in [0.29, 0.717) is 11.7 Å². The number of hydrogen-bond donors (Lipinski definition) is 4. The number of hydrazine groups is 1. The smallest absolute Gasteiger partial charge is 0.357 e. The quantitative estimate of drug-likeness (QED) is 0.261. The Balaban J connectivity index is 2.95. The van der Waals surface area contributed by atoms with Gasteiger partial charge in [0.1, 0.15) is 5.75 Å². The maximum atomic E-state index is 10.8. The molecule has 1 unspecified atom stereocenters. The number of nitrogens with one attached hydrogen (secondary N) is 1. The summed E-state index contributed by atoms with van der Waals surface area (Å²) in [4.78, 5) is 10.8. The standard InChI is InChI=1S/C14H21N3O3/c1-3-5-9(2)10-6-4-7-11(8-10)20-13(17-16)12(15)14(18)19/h4,6-9,17H,3,5,15-16H2,1-2H3,(H,18,19)/b13-12+. The second-order valence-electron chi connectivity index (χ2n) is 4.56. The SMILES string of the molecule is CCCC(C)c1cccc(O/C(NN)=C(/N)C(=O)O)c1. The fourth-order valence-corrected chi connectivity index (χ4v) is 1.86. The number of carboxylic acids is 1. The molecule has 6 N–H and O–H groups in total. The fourth-order valence-electron chi connectivity index (χ4n) is 1.86. The first kappa shape index (κ1) is 15.8. The van der Waals surface area contributed by atoms with Crippen LogP contribution in [0.3, 0.4) is 0 Å². The monoisotopic (exact) mass is 279 g/mol. The molecule has 6 heteroatoms. The zero-order valence-corrected chi connectivity index (χ0v) is 11.7. The summed E-state index contributed by atoms with van der Waals surface area (Å²) in [6.45, 7) is 4.26. The van der Waals surface area contributed by atoms with Gasteiger partial charge in [-0.2, -0.15) is 0 Å². The number of benzene rings is 1. The van der Waals surface area contributed by atoms with Gasteiger partial charge < -0.3 is 15.6 Å². The number of nitrogens with two attached hydrogens (primary N) is 2. The maximum Gasteiger partial charge on any atom is 0.357 e. The van der Waals surface area contributed by atoms with Gasteiger partial charge in [-0.05, 0) is 30.0 Å². The second kappa shape index (κ2) is 7.40. The third-order valence-electron chi connectivity index (χ3n) is 2.97. The minimum Gasteiger partial charge on any atom is -0.476 e. The van der Waals surface area contributed by atoms with Gasteiger partial charge in [-0.25, -0.2) is 10.6 Å². The van der Waals surface area contributed by atoms with Gasteiger partial charge >= 0.3 is 5.97 Å². The van der Waals surface area contributed by atoms with Crippen molar-refractivity contribution in [3.05, 3.63) is 41.4 Å². The highest BCUT2D eigenvalue weighted by Crippen LogP contribution is 2.25. The Kier molecular flexibility index (Phi) is 5.86. The molecular weight excluding hydrogens is 258 g/mol. The molecule has 0 fully saturated rings. The lowest BCUT2D eigenvalue weighted by Crippen LogP contribution is -2.31. The van der Waals surface area contributed by atoms with Gasteiger partial charge in [0.2, 0.25) is 5.88 Å². The highest BCUT2D eigenvalue weighted by atomic mass is 16.5. The van der Waals surface area contributed by atoms with Crippen molar-refractivity contribution in [1.29, 1.82) is 0 Å². The Morgan fingerprint density at radius 1 is 1.50 bits per heavy atom. The lowest BCUT2D eigenvalue weighted by Gasteiger charge is -2.14. The number of rotatable bonds is 7. The minimum atomic E-state index is -1.30. The van der Waals surface area contributed by atoms with Crippen molar-refractivity contribution in [3.8, 4) is 5.75 Å². The van der Waals surface area contributed by atoms with E-state index in [0.717, 1.165) is 18.4 Å². The van der Waals surface area contributed by atoms with Gasteiger partial charge in [0.15, 0.2) is 5.70 Å². The lowest BCUT2D eigenvalue weighted by molar-refractivity contribution is -0.132. The lowest BCUT2D eigenvalue weighted by atomic mass is 9.96. The van der Waals surface area contributed by atoms with Gasteiger partial charge in [0, 0.05) is 0 Å². The van der Waals surface area contributed by atoms with Crippen molar-refractivity contribution in [3.63, 3.8) is 0 Å². The largest absolute Gasteiger partial charge is 0.476 e. The van der Waals surface area contributed by atoms with E-state index in [1.165, 1.54) is 0 Å². The molecule has 110 valence electrons. The zero-order chi connectivity index (χ0) is 15.1. The summed E-state index contributed by atoms with van der Waals surface area (Å²) in [6, 6.07) is 7.43. The van der Waals surface area contributed by atoms with Crippen molar-refractivity contribution in [2.75, 3.05) is 0 Å². The molecule has 0 radical (unpaired) electrons. The Morgan fingerprint density at radius 2 is 2.20 bits per heavy atom. The Labute approximate surface area is 118 Å². The Hall–Kier alpha value is -2.21. The maximum absolute atomic E-state index is 10.8. The van der Waals surface area contributed by atoms with Crippen LogP contribution in [-0.4, -0.2) is 11.1 Å². The average molecular weight is 279 g/mol. The minimum absolute atomic E-state index is 0.183. The molecular formula is C14H21N3O3. The van der Waals surface area contributed by atoms with Crippen LogP contribution < -0.4 is 21.7 Å². The van der Waals surface area contributed by atoms with E-state index >= 15 is 0 Å². The van der Waals surface area contributed by atoms with E-state index in [-0.39, 0.29) is 5.88 Å². The number of aliphatic carboxylic acids is 1. The van der Waals surface area contributed by atoms with Crippen molar-refractivity contribution in [1.82, 2.24) is 5.43 Å². The van der Waals surface area contributed by atoms with E-state index in [1.807, 2.05) is 18.2 Å². The van der Waals surface area contributed by atoms with Gasteiger partial charge in [0.05, 0.1) is 0 Å². The zero-order valence-electron chi connectivity index (χ0n) is 11.7. The molecule has 6 nitrogen and oxygen atoms in total. The summed E-state index contributed by atoms with van der Waals surface area (Å²) in [5.41, 5.74) is 8.18. The predicted octanol–water partition coefficient (Wildman–Crippen LogP) is 1.64. The average Bonchev–Trinajstić information content (AvgIpc) is 2.44. The first-order valence-corrected chi connectivity index (χ1v) is 6.47. The van der Waals surface area contributed by atoms with Crippen LogP contribution in [0.4, 0.5) is 0 Å². The van der Waals surface area contributed by atoms with Gasteiger partial charge in [0.25, 0.3) is 0 Å². The van der Waals surface area contributed by atoms with Crippen LogP contribution in [0.2, 0.25) is 0 Å². The van der Waals surface area contributed by atoms with E-state index in [4.69, 9.17) is 21.4 Å². The van der Waals surface area contributed by atoms with Crippen molar-refractivity contribution < 1.29 is 14.6 Å². The molecule has 0 aliphatic carbocycles. The summed E-state index contributed by atoms with van der Waals surface area (Å²) < 4.78 is 5.39. The Morgan fingerprint density at radius 3 is 2.75 bits per heavy atom. The topological polar surface area (TPSA) is 111 Å². The molecule has 0 bridgehead atoms. The van der Waals surface area contributed by atoms with Crippen LogP contribution in [0, 0.1) is 0 Å². The van der Waals surface area contributed by atoms with E-state index < -0.39 is 11.7 Å². The van der Waals surface area contributed by atoms with Crippen molar-refractivity contribution >= 4 is 5.97 Å². The third kappa shape index (κ3) is 4.17. The molecule has 1 aromatic rings. The summed E-state index contributed by atoms with van der Waals surface area (Å²) >= 11 is 0. The van der Waals surface area contributed by atoms with Gasteiger partial charge in [-0.1, -0.05) is 32.4 Å². The van der Waals surface area contributed by atoms with E-state index in [1.54, 1.807) is 6.07 Å². The molecule has 0 aliphatic rings. The van der Waals surface area contributed by atoms with Crippen LogP contribution in [0.15, 0.2) is 35.8 Å². The highest BCUT2D eigenvalue weighted by molar-refractivity contribution is 5.85. The molecule has 1 atom stereocenters. The van der Waals surface area contributed by atoms with Gasteiger partial charge in [-0.3, -0.25) is 5.43 Å². The molecule has 20 heavy (non-hydrogen) atoms. The number of carbonyl (C=O) groups is 1. The summed E-state index contributed by atoms with van der Waals surface area (Å²) in [5, 5.41) is 8.82. The molecule has 0 amide bonds.